The number of hydrogen-bond acceptors (Lipinski definition) is 1. The molecule has 1 aliphatic carbocycles. The first-order valence-electron chi connectivity index (χ1n) is 7.17. The molecule has 4 heteroatoms. The predicted octanol–water partition coefficient (Wildman–Crippen LogP) is 5.55. The van der Waals surface area contributed by atoms with E-state index in [-0.39, 0.29) is 0 Å². The third kappa shape index (κ3) is 4.33. The van der Waals surface area contributed by atoms with Crippen molar-refractivity contribution in [2.24, 2.45) is 5.73 Å². The maximum atomic E-state index is 5.65. The van der Waals surface area contributed by atoms with E-state index in [1.165, 1.54) is 33.4 Å². The predicted molar refractivity (Wildman–Crippen MR) is 93.1 cm³/mol. The van der Waals surface area contributed by atoms with Gasteiger partial charge in [0.2, 0.25) is 0 Å². The van der Waals surface area contributed by atoms with Gasteiger partial charge in [-0.3, -0.25) is 0 Å². The molecule has 0 atom stereocenters. The Morgan fingerprint density at radius 3 is 2.32 bits per heavy atom. The second kappa shape index (κ2) is 9.03. The first kappa shape index (κ1) is 17.9. The summed E-state index contributed by atoms with van der Waals surface area (Å²) >= 11 is -0.826. The Morgan fingerprint density at radius 1 is 1.05 bits per heavy atom. The van der Waals surface area contributed by atoms with Crippen LogP contribution in [0.2, 0.25) is 0 Å². The van der Waals surface area contributed by atoms with Crippen molar-refractivity contribution in [3.63, 3.8) is 0 Å². The number of hydrogen-bond donors (Lipinski definition) is 1. The molecule has 2 aromatic rings. The molecule has 2 aromatic carbocycles. The van der Waals surface area contributed by atoms with Crippen LogP contribution in [0, 0.1) is 6.42 Å². The second-order valence-electron chi connectivity index (χ2n) is 5.00. The topological polar surface area (TPSA) is 26.0 Å². The van der Waals surface area contributed by atoms with Crippen molar-refractivity contribution in [3.8, 4) is 11.1 Å². The van der Waals surface area contributed by atoms with Crippen molar-refractivity contribution < 1.29 is 20.8 Å². The van der Waals surface area contributed by atoms with Gasteiger partial charge >= 0.3 is 37.9 Å². The van der Waals surface area contributed by atoms with E-state index in [0.717, 1.165) is 6.42 Å². The average molecular weight is 410 g/mol. The van der Waals surface area contributed by atoms with Gasteiger partial charge in [0.25, 0.3) is 0 Å². The molecule has 0 amide bonds. The first-order valence-corrected chi connectivity index (χ1v) is 13.5. The van der Waals surface area contributed by atoms with E-state index in [9.17, 15) is 0 Å². The van der Waals surface area contributed by atoms with Gasteiger partial charge in [-0.05, 0) is 34.2 Å². The van der Waals surface area contributed by atoms with Gasteiger partial charge in [0, 0.05) is 13.0 Å². The van der Waals surface area contributed by atoms with Crippen LogP contribution in [0.15, 0.2) is 48.0 Å². The van der Waals surface area contributed by atoms with Crippen molar-refractivity contribution in [1.82, 2.24) is 0 Å². The summed E-state index contributed by atoms with van der Waals surface area (Å²) in [5.41, 5.74) is 13.5. The minimum atomic E-state index is -0.826. The van der Waals surface area contributed by atoms with Crippen LogP contribution in [0.5, 0.6) is 0 Å². The van der Waals surface area contributed by atoms with E-state index in [1.54, 1.807) is 0 Å². The van der Waals surface area contributed by atoms with Crippen LogP contribution in [-0.4, -0.2) is 0 Å². The van der Waals surface area contributed by atoms with Gasteiger partial charge in [0.1, 0.15) is 0 Å². The molecule has 113 valence electrons. The van der Waals surface area contributed by atoms with Gasteiger partial charge in [-0.2, -0.15) is 0 Å². The molecule has 22 heavy (non-hydrogen) atoms. The Bertz CT molecular complexity index is 651. The number of halogens is 2. The number of fused-ring (bicyclic) bond motifs is 1. The molecule has 0 spiro atoms. The number of allylic oxidation sites excluding steroid dienone is 1. The summed E-state index contributed by atoms with van der Waals surface area (Å²) in [5, 5.41) is 0. The maximum absolute atomic E-state index is 5.65. The summed E-state index contributed by atoms with van der Waals surface area (Å²) in [6.07, 6.45) is 5.68. The Hall–Kier alpha value is -0.397. The van der Waals surface area contributed by atoms with E-state index in [2.05, 4.69) is 61.9 Å². The third-order valence-corrected chi connectivity index (χ3v) is 3.72. The zero-order valence-electron chi connectivity index (χ0n) is 12.4. The Labute approximate surface area is 151 Å². The Morgan fingerprint density at radius 2 is 1.73 bits per heavy atom. The van der Waals surface area contributed by atoms with E-state index < -0.39 is 20.8 Å². The minimum absolute atomic E-state index is 0.598. The monoisotopic (exact) mass is 408 g/mol. The standard InChI is InChI=1S/C18H18N.2ClH.Zr/c1-2-13-10-16-4-3-5-17(18(16)11-13)15-8-6-14(12-19)7-9-15;;;/h3-11H,2,12,19H2,1H3;2*1H;/q;;;+2/p-2. The molecule has 0 saturated carbocycles. The normalized spacial score (nSPS) is 12.1. The quantitative estimate of drug-likeness (QED) is 0.706. The average Bonchev–Trinajstić information content (AvgIpc) is 2.99. The molecule has 0 unspecified atom stereocenters. The number of rotatable bonds is 3. The second-order valence-corrected chi connectivity index (χ2v) is 8.73. The van der Waals surface area contributed by atoms with Crippen LogP contribution in [0.1, 0.15) is 30.0 Å². The molecule has 1 radical (unpaired) electrons. The van der Waals surface area contributed by atoms with Gasteiger partial charge in [-0.25, -0.2) is 0 Å². The van der Waals surface area contributed by atoms with Gasteiger partial charge in [0.05, 0.1) is 0 Å². The van der Waals surface area contributed by atoms with E-state index in [0.29, 0.717) is 6.54 Å². The first-order chi connectivity index (χ1) is 10.7. The summed E-state index contributed by atoms with van der Waals surface area (Å²) in [5.74, 6) is 0. The molecule has 0 heterocycles. The SMILES string of the molecule is CCC1=Cc2c(cccc2-c2ccc(CN)cc2)[CH]1.[Cl][Zr][Cl]. The van der Waals surface area contributed by atoms with Crippen molar-refractivity contribution in [2.75, 3.05) is 0 Å². The molecule has 2 N–H and O–H groups in total. The molecular weight excluding hydrogens is 392 g/mol. The van der Waals surface area contributed by atoms with Gasteiger partial charge in [0.15, 0.2) is 0 Å². The zero-order chi connectivity index (χ0) is 15.9. The molecule has 0 fully saturated rings. The van der Waals surface area contributed by atoms with E-state index in [1.807, 2.05) is 0 Å². The van der Waals surface area contributed by atoms with E-state index in [4.69, 9.17) is 22.8 Å². The Balaban J connectivity index is 0.000000545. The van der Waals surface area contributed by atoms with Crippen LogP contribution in [-0.2, 0) is 27.4 Å². The molecule has 0 aromatic heterocycles. The van der Waals surface area contributed by atoms with Gasteiger partial charge < -0.3 is 5.73 Å². The molecule has 0 saturated heterocycles. The zero-order valence-corrected chi connectivity index (χ0v) is 16.4. The Kier molecular flexibility index (Phi) is 7.37. The number of nitrogens with two attached hydrogens (primary N) is 1. The van der Waals surface area contributed by atoms with Crippen LogP contribution in [0.25, 0.3) is 17.2 Å². The fourth-order valence-electron chi connectivity index (χ4n) is 2.57. The van der Waals surface area contributed by atoms with Crippen LogP contribution < -0.4 is 5.73 Å². The summed E-state index contributed by atoms with van der Waals surface area (Å²) in [6, 6.07) is 15.1. The summed E-state index contributed by atoms with van der Waals surface area (Å²) in [7, 11) is 9.87. The molecule has 3 rings (SSSR count). The molecule has 1 nitrogen and oxygen atoms in total. The summed E-state index contributed by atoms with van der Waals surface area (Å²) < 4.78 is 0. The summed E-state index contributed by atoms with van der Waals surface area (Å²) in [6.45, 7) is 2.80. The van der Waals surface area contributed by atoms with Crippen molar-refractivity contribution >= 4 is 23.1 Å². The summed E-state index contributed by atoms with van der Waals surface area (Å²) in [4.78, 5) is 0. The molecule has 0 aliphatic heterocycles. The fourth-order valence-corrected chi connectivity index (χ4v) is 2.57. The van der Waals surface area contributed by atoms with Crippen LogP contribution in [0.4, 0.5) is 0 Å². The fraction of sp³-hybridized carbons (Fsp3) is 0.167. The van der Waals surface area contributed by atoms with Crippen LogP contribution >= 0.6 is 17.0 Å². The van der Waals surface area contributed by atoms with E-state index >= 15 is 0 Å². The number of benzene rings is 2. The van der Waals surface area contributed by atoms with Gasteiger partial charge in [-0.1, -0.05) is 61.0 Å². The van der Waals surface area contributed by atoms with Crippen molar-refractivity contribution in [2.45, 2.75) is 19.9 Å². The van der Waals surface area contributed by atoms with Crippen LogP contribution in [0.3, 0.4) is 0 Å². The van der Waals surface area contributed by atoms with Gasteiger partial charge in [-0.15, -0.1) is 0 Å². The molecular formula is C18H18Cl2NZr. The van der Waals surface area contributed by atoms with Crippen molar-refractivity contribution in [1.29, 1.82) is 0 Å². The molecule has 0 bridgehead atoms. The molecule has 1 aliphatic rings. The third-order valence-electron chi connectivity index (χ3n) is 3.72. The van der Waals surface area contributed by atoms with Crippen molar-refractivity contribution in [3.05, 3.63) is 71.1 Å².